The molecule has 27 heavy (non-hydrogen) atoms. The molecule has 2 aromatic rings. The first-order valence-electron chi connectivity index (χ1n) is 8.17. The number of rotatable bonds is 6. The summed E-state index contributed by atoms with van der Waals surface area (Å²) < 4.78 is 10.8. The number of amides is 2. The van der Waals surface area contributed by atoms with Gasteiger partial charge in [0.1, 0.15) is 5.76 Å². The fourth-order valence-corrected chi connectivity index (χ4v) is 3.24. The van der Waals surface area contributed by atoms with Crippen molar-refractivity contribution in [3.63, 3.8) is 0 Å². The van der Waals surface area contributed by atoms with E-state index in [9.17, 15) is 14.7 Å². The molecule has 1 aromatic carbocycles. The zero-order chi connectivity index (χ0) is 19.4. The molecule has 1 atom stereocenters. The molecule has 0 radical (unpaired) electrons. The molecule has 1 aliphatic heterocycles. The highest BCUT2D eigenvalue weighted by Gasteiger charge is 2.34. The standard InChI is InChI=1S/C18H18BrN3O5/c1-26-15-6-11(5-14(19)17(15)24)8-20-21-18(25)12-7-16(23)22(9-12)10-13-3-2-4-27-13/h2-6,8,12,24H,7,9-10H2,1H3,(H,21,25)/b20-8+. The Kier molecular flexibility index (Phi) is 5.80. The van der Waals surface area contributed by atoms with Crippen molar-refractivity contribution in [3.05, 3.63) is 46.3 Å². The molecule has 1 fully saturated rings. The van der Waals surface area contributed by atoms with Gasteiger partial charge in [-0.3, -0.25) is 9.59 Å². The third-order valence-corrected chi connectivity index (χ3v) is 4.78. The van der Waals surface area contributed by atoms with Crippen molar-refractivity contribution in [2.24, 2.45) is 11.0 Å². The van der Waals surface area contributed by atoms with Crippen LogP contribution in [0.25, 0.3) is 0 Å². The van der Waals surface area contributed by atoms with Gasteiger partial charge in [-0.1, -0.05) is 0 Å². The van der Waals surface area contributed by atoms with Crippen LogP contribution in [0.3, 0.4) is 0 Å². The van der Waals surface area contributed by atoms with Crippen molar-refractivity contribution in [2.45, 2.75) is 13.0 Å². The monoisotopic (exact) mass is 435 g/mol. The lowest BCUT2D eigenvalue weighted by Crippen LogP contribution is -2.30. The number of methoxy groups -OCH3 is 1. The summed E-state index contributed by atoms with van der Waals surface area (Å²) in [5.74, 6) is 0.0565. The van der Waals surface area contributed by atoms with Gasteiger partial charge < -0.3 is 19.2 Å². The topological polar surface area (TPSA) is 104 Å². The van der Waals surface area contributed by atoms with Crippen LogP contribution in [0.1, 0.15) is 17.7 Å². The lowest BCUT2D eigenvalue weighted by molar-refractivity contribution is -0.129. The van der Waals surface area contributed by atoms with Crippen molar-refractivity contribution < 1.29 is 23.8 Å². The van der Waals surface area contributed by atoms with Crippen LogP contribution < -0.4 is 10.2 Å². The van der Waals surface area contributed by atoms with Crippen molar-refractivity contribution in [1.29, 1.82) is 0 Å². The van der Waals surface area contributed by atoms with Gasteiger partial charge >= 0.3 is 0 Å². The lowest BCUT2D eigenvalue weighted by atomic mass is 10.1. The van der Waals surface area contributed by atoms with Gasteiger partial charge in [0.2, 0.25) is 11.8 Å². The molecule has 2 heterocycles. The van der Waals surface area contributed by atoms with Gasteiger partial charge in [0, 0.05) is 13.0 Å². The van der Waals surface area contributed by atoms with Crippen LogP contribution in [0.4, 0.5) is 0 Å². The largest absolute Gasteiger partial charge is 0.503 e. The molecule has 8 nitrogen and oxygen atoms in total. The van der Waals surface area contributed by atoms with Crippen LogP contribution in [0.15, 0.2) is 44.5 Å². The zero-order valence-electron chi connectivity index (χ0n) is 14.5. The van der Waals surface area contributed by atoms with Crippen LogP contribution in [-0.4, -0.2) is 41.7 Å². The maximum absolute atomic E-state index is 12.3. The fourth-order valence-electron chi connectivity index (χ4n) is 2.78. The number of hydrogen-bond donors (Lipinski definition) is 2. The third-order valence-electron chi connectivity index (χ3n) is 4.17. The predicted octanol–water partition coefficient (Wildman–Crippen LogP) is 2.26. The van der Waals surface area contributed by atoms with Gasteiger partial charge in [-0.05, 0) is 45.8 Å². The molecule has 142 valence electrons. The van der Waals surface area contributed by atoms with Crippen molar-refractivity contribution >= 4 is 34.0 Å². The summed E-state index contributed by atoms with van der Waals surface area (Å²) in [7, 11) is 1.44. The molecule has 9 heteroatoms. The molecule has 0 aliphatic carbocycles. The van der Waals surface area contributed by atoms with Gasteiger partial charge in [0.25, 0.3) is 0 Å². The normalized spacial score (nSPS) is 16.9. The van der Waals surface area contributed by atoms with E-state index in [1.165, 1.54) is 13.3 Å². The number of furan rings is 1. The molecular formula is C18H18BrN3O5. The SMILES string of the molecule is COc1cc(/C=N/NC(=O)C2CC(=O)N(Cc3ccco3)C2)cc(Br)c1O. The Hall–Kier alpha value is -2.81. The Morgan fingerprint density at radius 1 is 1.56 bits per heavy atom. The number of halogens is 1. The van der Waals surface area contributed by atoms with Crippen LogP contribution in [-0.2, 0) is 16.1 Å². The van der Waals surface area contributed by atoms with Crippen molar-refractivity contribution in [1.82, 2.24) is 10.3 Å². The molecule has 1 aromatic heterocycles. The first kappa shape index (κ1) is 19.0. The minimum atomic E-state index is -0.467. The summed E-state index contributed by atoms with van der Waals surface area (Å²) >= 11 is 3.22. The lowest BCUT2D eigenvalue weighted by Gasteiger charge is -2.14. The van der Waals surface area contributed by atoms with Gasteiger partial charge in [-0.15, -0.1) is 0 Å². The molecule has 2 N–H and O–H groups in total. The van der Waals surface area contributed by atoms with E-state index >= 15 is 0 Å². The number of benzene rings is 1. The quantitative estimate of drug-likeness (QED) is 0.534. The summed E-state index contributed by atoms with van der Waals surface area (Å²) in [4.78, 5) is 25.9. The van der Waals surface area contributed by atoms with Crippen molar-refractivity contribution in [3.8, 4) is 11.5 Å². The van der Waals surface area contributed by atoms with E-state index in [-0.39, 0.29) is 29.7 Å². The van der Waals surface area contributed by atoms with E-state index in [4.69, 9.17) is 9.15 Å². The summed E-state index contributed by atoms with van der Waals surface area (Å²) in [6, 6.07) is 6.76. The maximum atomic E-state index is 12.3. The Morgan fingerprint density at radius 3 is 3.07 bits per heavy atom. The van der Waals surface area contributed by atoms with Crippen LogP contribution in [0.5, 0.6) is 11.5 Å². The minimum Gasteiger partial charge on any atom is -0.503 e. The van der Waals surface area contributed by atoms with Gasteiger partial charge in [-0.2, -0.15) is 5.10 Å². The number of phenols is 1. The van der Waals surface area contributed by atoms with E-state index in [1.54, 1.807) is 35.4 Å². The fraction of sp³-hybridized carbons (Fsp3) is 0.278. The molecule has 0 spiro atoms. The highest BCUT2D eigenvalue weighted by molar-refractivity contribution is 9.10. The van der Waals surface area contributed by atoms with Crippen LogP contribution in [0, 0.1) is 5.92 Å². The van der Waals surface area contributed by atoms with Gasteiger partial charge in [0.15, 0.2) is 11.5 Å². The molecule has 0 saturated carbocycles. The maximum Gasteiger partial charge on any atom is 0.245 e. The number of likely N-dealkylation sites (tertiary alicyclic amines) is 1. The summed E-state index contributed by atoms with van der Waals surface area (Å²) in [6.45, 7) is 0.666. The van der Waals surface area contributed by atoms with Crippen LogP contribution >= 0.6 is 15.9 Å². The van der Waals surface area contributed by atoms with Crippen LogP contribution in [0.2, 0.25) is 0 Å². The average molecular weight is 436 g/mol. The van der Waals surface area contributed by atoms with Gasteiger partial charge in [-0.25, -0.2) is 5.43 Å². The minimum absolute atomic E-state index is 0.0141. The number of phenolic OH excluding ortho intramolecular Hbond substituents is 1. The number of carbonyl (C=O) groups excluding carboxylic acids is 2. The average Bonchev–Trinajstić information content (AvgIpc) is 3.28. The number of ether oxygens (including phenoxy) is 1. The molecule has 0 bridgehead atoms. The first-order valence-corrected chi connectivity index (χ1v) is 8.96. The molecule has 1 saturated heterocycles. The second kappa shape index (κ2) is 8.26. The molecule has 1 aliphatic rings. The number of hydrazone groups is 1. The number of nitrogens with one attached hydrogen (secondary N) is 1. The number of carbonyl (C=O) groups is 2. The molecule has 3 rings (SSSR count). The Balaban J connectivity index is 1.57. The Labute approximate surface area is 163 Å². The van der Waals surface area contributed by atoms with Gasteiger partial charge in [0.05, 0.1) is 36.5 Å². The smallest absolute Gasteiger partial charge is 0.245 e. The molecule has 1 unspecified atom stereocenters. The third kappa shape index (κ3) is 4.48. The predicted molar refractivity (Wildman–Crippen MR) is 100 cm³/mol. The van der Waals surface area contributed by atoms with E-state index in [2.05, 4.69) is 26.5 Å². The second-order valence-electron chi connectivity index (χ2n) is 6.04. The molecular weight excluding hydrogens is 418 g/mol. The second-order valence-corrected chi connectivity index (χ2v) is 6.90. The van der Waals surface area contributed by atoms with E-state index in [0.717, 1.165) is 0 Å². The van der Waals surface area contributed by atoms with E-state index < -0.39 is 5.92 Å². The summed E-state index contributed by atoms with van der Waals surface area (Å²) in [5, 5.41) is 13.7. The summed E-state index contributed by atoms with van der Waals surface area (Å²) in [6.07, 6.45) is 3.12. The number of nitrogens with zero attached hydrogens (tertiary/aromatic N) is 2. The van der Waals surface area contributed by atoms with E-state index in [0.29, 0.717) is 28.9 Å². The summed E-state index contributed by atoms with van der Waals surface area (Å²) in [5.41, 5.74) is 3.08. The first-order chi connectivity index (χ1) is 13.0. The highest BCUT2D eigenvalue weighted by Crippen LogP contribution is 2.34. The molecule has 2 amide bonds. The van der Waals surface area contributed by atoms with E-state index in [1.807, 2.05) is 0 Å². The van der Waals surface area contributed by atoms with Crippen molar-refractivity contribution in [2.75, 3.05) is 13.7 Å². The zero-order valence-corrected chi connectivity index (χ0v) is 16.1. The number of hydrogen-bond acceptors (Lipinski definition) is 6. The number of aromatic hydroxyl groups is 1. The Bertz CT molecular complexity index is 866. The Morgan fingerprint density at radius 2 is 2.37 bits per heavy atom. The highest BCUT2D eigenvalue weighted by atomic mass is 79.9.